The minimum absolute atomic E-state index is 0.372. The number of hydrogen-bond donors (Lipinski definition) is 1. The molecule has 1 aliphatic rings. The number of esters is 1. The standard InChI is InChI=1S/C6H8O5S/c1-3(7)10-4-2-12-6(11-4)5(8)9/h4,6H,2H2,1H3,(H,8,9)/t4-,6-/m0/s1. The van der Waals surface area contributed by atoms with E-state index in [1.807, 2.05) is 0 Å². The highest BCUT2D eigenvalue weighted by Gasteiger charge is 2.32. The van der Waals surface area contributed by atoms with E-state index in [1.54, 1.807) is 0 Å². The number of carbonyl (C=O) groups excluding carboxylic acids is 1. The molecular formula is C6H8O5S. The number of carboxylic acid groups (broad SMARTS) is 1. The molecule has 2 atom stereocenters. The zero-order valence-electron chi connectivity index (χ0n) is 6.35. The number of ether oxygens (including phenoxy) is 2. The van der Waals surface area contributed by atoms with Crippen LogP contribution >= 0.6 is 11.8 Å². The number of rotatable bonds is 2. The van der Waals surface area contributed by atoms with Gasteiger partial charge in [0.1, 0.15) is 0 Å². The molecule has 1 rings (SSSR count). The lowest BCUT2D eigenvalue weighted by molar-refractivity contribution is -0.177. The SMILES string of the molecule is CC(=O)O[C@@H]1CS[C@@H](C(=O)O)O1. The summed E-state index contributed by atoms with van der Waals surface area (Å²) >= 11 is 1.10. The number of carbonyl (C=O) groups is 2. The minimum Gasteiger partial charge on any atom is -0.479 e. The number of aliphatic carboxylic acids is 1. The van der Waals surface area contributed by atoms with Gasteiger partial charge in [-0.1, -0.05) is 0 Å². The van der Waals surface area contributed by atoms with Crippen LogP contribution in [-0.4, -0.2) is 34.5 Å². The van der Waals surface area contributed by atoms with Gasteiger partial charge < -0.3 is 14.6 Å². The largest absolute Gasteiger partial charge is 0.479 e. The van der Waals surface area contributed by atoms with Gasteiger partial charge in [0.05, 0.1) is 5.75 Å². The molecule has 1 aliphatic heterocycles. The molecule has 0 bridgehead atoms. The van der Waals surface area contributed by atoms with Crippen molar-refractivity contribution in [3.05, 3.63) is 0 Å². The first-order valence-corrected chi connectivity index (χ1v) is 4.31. The molecule has 0 unspecified atom stereocenters. The average molecular weight is 192 g/mol. The van der Waals surface area contributed by atoms with E-state index < -0.39 is 23.7 Å². The van der Waals surface area contributed by atoms with Crippen molar-refractivity contribution in [1.29, 1.82) is 0 Å². The second-order valence-electron chi connectivity index (χ2n) is 2.18. The molecule has 0 radical (unpaired) electrons. The van der Waals surface area contributed by atoms with E-state index >= 15 is 0 Å². The molecule has 1 saturated heterocycles. The molecule has 0 spiro atoms. The lowest BCUT2D eigenvalue weighted by atomic mass is 10.7. The maximum absolute atomic E-state index is 10.4. The first kappa shape index (κ1) is 9.34. The fourth-order valence-corrected chi connectivity index (χ4v) is 1.58. The Morgan fingerprint density at radius 3 is 2.75 bits per heavy atom. The van der Waals surface area contributed by atoms with Gasteiger partial charge in [0.15, 0.2) is 0 Å². The van der Waals surface area contributed by atoms with Gasteiger partial charge in [-0.05, 0) is 0 Å². The summed E-state index contributed by atoms with van der Waals surface area (Å²) in [6.07, 6.45) is -0.714. The summed E-state index contributed by atoms with van der Waals surface area (Å²) in [7, 11) is 0. The van der Waals surface area contributed by atoms with Gasteiger partial charge in [-0.2, -0.15) is 0 Å². The van der Waals surface area contributed by atoms with Crippen LogP contribution in [0.25, 0.3) is 0 Å². The highest BCUT2D eigenvalue weighted by atomic mass is 32.2. The Morgan fingerprint density at radius 1 is 1.67 bits per heavy atom. The van der Waals surface area contributed by atoms with Crippen LogP contribution in [0.3, 0.4) is 0 Å². The Hall–Kier alpha value is -0.750. The zero-order valence-corrected chi connectivity index (χ0v) is 7.17. The lowest BCUT2D eigenvalue weighted by Crippen LogP contribution is -2.22. The summed E-state index contributed by atoms with van der Waals surface area (Å²) in [4.78, 5) is 20.8. The fraction of sp³-hybridized carbons (Fsp3) is 0.667. The van der Waals surface area contributed by atoms with Crippen LogP contribution in [0.5, 0.6) is 0 Å². The highest BCUT2D eigenvalue weighted by molar-refractivity contribution is 8.00. The predicted octanol–water partition coefficient (Wildman–Crippen LogP) is 0.0497. The van der Waals surface area contributed by atoms with Gasteiger partial charge in [0.25, 0.3) is 0 Å². The van der Waals surface area contributed by atoms with Crippen molar-refractivity contribution in [2.24, 2.45) is 0 Å². The summed E-state index contributed by atoms with van der Waals surface area (Å²) in [5, 5.41) is 8.48. The summed E-state index contributed by atoms with van der Waals surface area (Å²) < 4.78 is 9.50. The maximum Gasteiger partial charge on any atom is 0.343 e. The van der Waals surface area contributed by atoms with Crippen LogP contribution in [0.15, 0.2) is 0 Å². The molecule has 0 aromatic heterocycles. The first-order valence-electron chi connectivity index (χ1n) is 3.26. The summed E-state index contributed by atoms with van der Waals surface area (Å²) in [6.45, 7) is 1.25. The summed E-state index contributed by atoms with van der Waals surface area (Å²) in [5.74, 6) is -1.14. The topological polar surface area (TPSA) is 72.8 Å². The molecule has 1 heterocycles. The maximum atomic E-state index is 10.4. The van der Waals surface area contributed by atoms with E-state index in [0.29, 0.717) is 5.75 Å². The third-order valence-electron chi connectivity index (χ3n) is 1.16. The Morgan fingerprint density at radius 2 is 2.33 bits per heavy atom. The van der Waals surface area contributed by atoms with Crippen molar-refractivity contribution in [1.82, 2.24) is 0 Å². The smallest absolute Gasteiger partial charge is 0.343 e. The Bertz CT molecular complexity index is 204. The molecule has 68 valence electrons. The van der Waals surface area contributed by atoms with Crippen molar-refractivity contribution in [3.63, 3.8) is 0 Å². The van der Waals surface area contributed by atoms with E-state index in [1.165, 1.54) is 6.92 Å². The van der Waals surface area contributed by atoms with Gasteiger partial charge in [-0.15, -0.1) is 11.8 Å². The molecule has 1 fully saturated rings. The molecule has 1 N–H and O–H groups in total. The Kier molecular flexibility index (Phi) is 2.93. The minimum atomic E-state index is -1.05. The first-order chi connectivity index (χ1) is 5.59. The van der Waals surface area contributed by atoms with E-state index in [2.05, 4.69) is 4.74 Å². The van der Waals surface area contributed by atoms with Crippen molar-refractivity contribution >= 4 is 23.7 Å². The van der Waals surface area contributed by atoms with Crippen LogP contribution in [0.1, 0.15) is 6.92 Å². The van der Waals surface area contributed by atoms with Gasteiger partial charge in [-0.3, -0.25) is 4.79 Å². The molecule has 6 heteroatoms. The monoisotopic (exact) mass is 192 g/mol. The van der Waals surface area contributed by atoms with Gasteiger partial charge in [0.2, 0.25) is 11.7 Å². The molecule has 0 aromatic carbocycles. The van der Waals surface area contributed by atoms with Gasteiger partial charge in [0, 0.05) is 6.92 Å². The quantitative estimate of drug-likeness (QED) is 0.623. The third-order valence-corrected chi connectivity index (χ3v) is 2.24. The van der Waals surface area contributed by atoms with E-state index in [0.717, 1.165) is 11.8 Å². The van der Waals surface area contributed by atoms with Crippen LogP contribution in [0.2, 0.25) is 0 Å². The van der Waals surface area contributed by atoms with E-state index in [4.69, 9.17) is 9.84 Å². The van der Waals surface area contributed by atoms with Crippen molar-refractivity contribution in [2.45, 2.75) is 18.6 Å². The van der Waals surface area contributed by atoms with Crippen molar-refractivity contribution in [3.8, 4) is 0 Å². The van der Waals surface area contributed by atoms with Crippen molar-refractivity contribution in [2.75, 3.05) is 5.75 Å². The number of carboxylic acids is 1. The molecular weight excluding hydrogens is 184 g/mol. The number of hydrogen-bond acceptors (Lipinski definition) is 5. The summed E-state index contributed by atoms with van der Waals surface area (Å²) in [6, 6.07) is 0. The Balaban J connectivity index is 2.35. The van der Waals surface area contributed by atoms with Crippen LogP contribution in [0, 0.1) is 0 Å². The molecule has 0 saturated carbocycles. The highest BCUT2D eigenvalue weighted by Crippen LogP contribution is 2.25. The van der Waals surface area contributed by atoms with Crippen LogP contribution < -0.4 is 0 Å². The predicted molar refractivity (Wildman–Crippen MR) is 40.5 cm³/mol. The zero-order chi connectivity index (χ0) is 9.14. The molecule has 0 aromatic rings. The second kappa shape index (κ2) is 3.77. The van der Waals surface area contributed by atoms with E-state index in [9.17, 15) is 9.59 Å². The normalized spacial score (nSPS) is 28.4. The van der Waals surface area contributed by atoms with Crippen LogP contribution in [-0.2, 0) is 19.1 Å². The van der Waals surface area contributed by atoms with Gasteiger partial charge >= 0.3 is 11.9 Å². The molecule has 5 nitrogen and oxygen atoms in total. The van der Waals surface area contributed by atoms with Gasteiger partial charge in [-0.25, -0.2) is 4.79 Å². The Labute approximate surface area is 73.0 Å². The average Bonchev–Trinajstić information content (AvgIpc) is 2.34. The van der Waals surface area contributed by atoms with E-state index in [-0.39, 0.29) is 0 Å². The summed E-state index contributed by atoms with van der Waals surface area (Å²) in [5.41, 5.74) is -0.908. The van der Waals surface area contributed by atoms with Crippen LogP contribution in [0.4, 0.5) is 0 Å². The molecule has 12 heavy (non-hydrogen) atoms. The van der Waals surface area contributed by atoms with Crippen molar-refractivity contribution < 1.29 is 24.2 Å². The third kappa shape index (κ3) is 2.38. The lowest BCUT2D eigenvalue weighted by Gasteiger charge is -2.08. The second-order valence-corrected chi connectivity index (χ2v) is 3.27. The molecule has 0 amide bonds. The number of thioether (sulfide) groups is 1. The molecule has 0 aliphatic carbocycles. The fourth-order valence-electron chi connectivity index (χ4n) is 0.759.